The van der Waals surface area contributed by atoms with E-state index in [0.29, 0.717) is 0 Å². The maximum atomic E-state index is 3.61. The van der Waals surface area contributed by atoms with Crippen LogP contribution in [0.5, 0.6) is 0 Å². The molecular formula is C4H14GeN. The van der Waals surface area contributed by atoms with Crippen LogP contribution in [0.15, 0.2) is 0 Å². The fourth-order valence-electron chi connectivity index (χ4n) is 0. The van der Waals surface area contributed by atoms with Crippen LogP contribution in [-0.4, -0.2) is 43.1 Å². The van der Waals surface area contributed by atoms with Crippen molar-refractivity contribution in [1.82, 2.24) is 4.90 Å². The summed E-state index contributed by atoms with van der Waals surface area (Å²) in [6.45, 7) is 4.50. The van der Waals surface area contributed by atoms with Gasteiger partial charge < -0.3 is 4.90 Å². The summed E-state index contributed by atoms with van der Waals surface area (Å²) in [6, 6.07) is 0. The van der Waals surface area contributed by atoms with Gasteiger partial charge in [0.15, 0.2) is 0 Å². The number of nitrogens with zero attached hydrogens (tertiary/aromatic N) is 1. The molecule has 0 unspecified atom stereocenters. The molecular weight excluding hydrogens is 135 g/mol. The van der Waals surface area contributed by atoms with Gasteiger partial charge in [0.25, 0.3) is 0 Å². The summed E-state index contributed by atoms with van der Waals surface area (Å²) in [5.41, 5.74) is 0. The van der Waals surface area contributed by atoms with Gasteiger partial charge in [-0.05, 0) is 27.6 Å². The molecule has 0 amide bonds. The zero-order valence-corrected chi connectivity index (χ0v) is 3.86. The summed E-state index contributed by atoms with van der Waals surface area (Å²) in [5, 5.41) is 0. The summed E-state index contributed by atoms with van der Waals surface area (Å²) in [5.74, 6) is 0. The fourth-order valence-corrected chi connectivity index (χ4v) is 0. The molecule has 0 fully saturated rings. The minimum atomic E-state index is 0. The molecule has 0 aliphatic rings. The molecule has 0 aromatic heterocycles. The first-order chi connectivity index (χ1) is 2.27. The van der Waals surface area contributed by atoms with E-state index in [1.807, 2.05) is 19.0 Å². The van der Waals surface area contributed by atoms with E-state index in [1.54, 1.807) is 0 Å². The Morgan fingerprint density at radius 3 is 1.67 bits per heavy atom. The molecule has 6 heavy (non-hydrogen) atoms. The van der Waals surface area contributed by atoms with Crippen LogP contribution in [-0.2, 0) is 0 Å². The Kier molecular flexibility index (Phi) is 8.91. The van der Waals surface area contributed by atoms with Crippen LogP contribution in [0.4, 0.5) is 0 Å². The number of hydrogen-bond acceptors (Lipinski definition) is 1. The Labute approximate surface area is 50.7 Å². The molecule has 0 aliphatic carbocycles. The summed E-state index contributed by atoms with van der Waals surface area (Å²) in [6.07, 6.45) is 0. The predicted molar refractivity (Wildman–Crippen MR) is 35.2 cm³/mol. The Balaban J connectivity index is 0. The second kappa shape index (κ2) is 5.50. The van der Waals surface area contributed by atoms with E-state index >= 15 is 0 Å². The second-order valence-electron chi connectivity index (χ2n) is 1.30. The zero-order chi connectivity index (χ0) is 4.28. The Hall–Kier alpha value is 0.503. The first-order valence-electron chi connectivity index (χ1n) is 1.71. The van der Waals surface area contributed by atoms with Crippen molar-refractivity contribution in [1.29, 1.82) is 0 Å². The van der Waals surface area contributed by atoms with Crippen molar-refractivity contribution in [3.63, 3.8) is 0 Å². The molecule has 0 N–H and O–H groups in total. The van der Waals surface area contributed by atoms with Crippen molar-refractivity contribution in [2.75, 3.05) is 20.6 Å². The topological polar surface area (TPSA) is 3.24 Å². The van der Waals surface area contributed by atoms with Crippen molar-refractivity contribution in [3.05, 3.63) is 6.92 Å². The van der Waals surface area contributed by atoms with Crippen LogP contribution in [0.3, 0.4) is 0 Å². The summed E-state index contributed by atoms with van der Waals surface area (Å²) >= 11 is 0. The van der Waals surface area contributed by atoms with Crippen LogP contribution in [0.1, 0.15) is 0 Å². The van der Waals surface area contributed by atoms with E-state index in [0.717, 1.165) is 6.54 Å². The van der Waals surface area contributed by atoms with Crippen LogP contribution in [0.2, 0.25) is 0 Å². The normalized spacial score (nSPS) is 8.00. The molecule has 0 aromatic rings. The van der Waals surface area contributed by atoms with Gasteiger partial charge in [0.05, 0.1) is 0 Å². The Morgan fingerprint density at radius 2 is 1.67 bits per heavy atom. The monoisotopic (exact) mass is 150 g/mol. The van der Waals surface area contributed by atoms with E-state index in [9.17, 15) is 0 Å². The van der Waals surface area contributed by atoms with Gasteiger partial charge in [-0.1, -0.05) is 0 Å². The SMILES string of the molecule is [CH2]CN(C)C.[GeH4]. The van der Waals surface area contributed by atoms with Crippen LogP contribution in [0, 0.1) is 6.92 Å². The van der Waals surface area contributed by atoms with E-state index in [2.05, 4.69) is 6.92 Å². The Bertz CT molecular complexity index is 21.5. The molecule has 0 atom stereocenters. The Morgan fingerprint density at radius 1 is 1.50 bits per heavy atom. The first kappa shape index (κ1) is 9.71. The molecule has 1 nitrogen and oxygen atoms in total. The number of rotatable bonds is 1. The third-order valence-electron chi connectivity index (χ3n) is 0.447. The van der Waals surface area contributed by atoms with Crippen LogP contribution in [0.25, 0.3) is 0 Å². The fraction of sp³-hybridized carbons (Fsp3) is 0.750. The zero-order valence-electron chi connectivity index (χ0n) is 3.86. The van der Waals surface area contributed by atoms with Gasteiger partial charge in [-0.15, -0.1) is 0 Å². The molecule has 0 rings (SSSR count). The van der Waals surface area contributed by atoms with E-state index in [1.165, 1.54) is 0 Å². The molecule has 0 saturated heterocycles. The summed E-state index contributed by atoms with van der Waals surface area (Å²) in [7, 11) is 3.99. The van der Waals surface area contributed by atoms with Gasteiger partial charge in [0.2, 0.25) is 0 Å². The molecule has 0 bridgehead atoms. The summed E-state index contributed by atoms with van der Waals surface area (Å²) in [4.78, 5) is 2.01. The maximum absolute atomic E-state index is 3.61. The third-order valence-corrected chi connectivity index (χ3v) is 0.447. The first-order valence-corrected chi connectivity index (χ1v) is 1.71. The van der Waals surface area contributed by atoms with E-state index < -0.39 is 0 Å². The second-order valence-corrected chi connectivity index (χ2v) is 1.30. The van der Waals surface area contributed by atoms with Gasteiger partial charge in [-0.3, -0.25) is 0 Å². The average molecular weight is 149 g/mol. The van der Waals surface area contributed by atoms with Crippen molar-refractivity contribution < 1.29 is 0 Å². The van der Waals surface area contributed by atoms with Gasteiger partial charge in [0.1, 0.15) is 0 Å². The third kappa shape index (κ3) is 8.82. The van der Waals surface area contributed by atoms with Crippen molar-refractivity contribution in [2.24, 2.45) is 0 Å². The minimum absolute atomic E-state index is 0. The van der Waals surface area contributed by atoms with Gasteiger partial charge >= 0.3 is 17.6 Å². The molecule has 0 saturated carbocycles. The van der Waals surface area contributed by atoms with E-state index in [4.69, 9.17) is 0 Å². The molecule has 0 aromatic carbocycles. The molecule has 0 aliphatic heterocycles. The van der Waals surface area contributed by atoms with Gasteiger partial charge in [-0.2, -0.15) is 0 Å². The van der Waals surface area contributed by atoms with Crippen molar-refractivity contribution >= 4 is 17.6 Å². The molecule has 1 radical (unpaired) electrons. The molecule has 0 spiro atoms. The average Bonchev–Trinajstić information content (AvgIpc) is 1.38. The van der Waals surface area contributed by atoms with Gasteiger partial charge in [0, 0.05) is 0 Å². The van der Waals surface area contributed by atoms with Crippen LogP contribution < -0.4 is 0 Å². The molecule has 2 heteroatoms. The number of hydrogen-bond donors (Lipinski definition) is 0. The summed E-state index contributed by atoms with van der Waals surface area (Å²) < 4.78 is 0. The molecule has 39 valence electrons. The molecule has 0 heterocycles. The van der Waals surface area contributed by atoms with Gasteiger partial charge in [-0.25, -0.2) is 0 Å². The predicted octanol–water partition coefficient (Wildman–Crippen LogP) is -1.07. The van der Waals surface area contributed by atoms with E-state index in [-0.39, 0.29) is 17.6 Å². The quantitative estimate of drug-likeness (QED) is 0.429. The van der Waals surface area contributed by atoms with Crippen LogP contribution >= 0.6 is 0 Å². The standard InChI is InChI=1S/C4H10N.GeH4/c1-4-5(2)3;/h1,4H2,2-3H3;1H4. The van der Waals surface area contributed by atoms with Crippen molar-refractivity contribution in [2.45, 2.75) is 0 Å². The van der Waals surface area contributed by atoms with Crippen molar-refractivity contribution in [3.8, 4) is 0 Å².